The molecule has 0 saturated carbocycles. The molecule has 3 rings (SSSR count). The largest absolute Gasteiger partial charge is 0.381 e. The maximum Gasteiger partial charge on any atom is 0.254 e. The first-order valence-electron chi connectivity index (χ1n) is 18.0. The minimum atomic E-state index is -1.70. The second-order valence-electron chi connectivity index (χ2n) is 16.9. The van der Waals surface area contributed by atoms with Crippen molar-refractivity contribution >= 4 is 41.3 Å². The predicted molar refractivity (Wildman–Crippen MR) is 206 cm³/mol. The number of aliphatic hydroxyl groups excluding tert-OH is 1. The van der Waals surface area contributed by atoms with Gasteiger partial charge in [-0.2, -0.15) is 0 Å². The van der Waals surface area contributed by atoms with Crippen LogP contribution in [0.4, 0.5) is 0 Å². The van der Waals surface area contributed by atoms with Crippen molar-refractivity contribution in [3.8, 4) is 0 Å². The first kappa shape index (κ1) is 42.5. The predicted octanol–water partition coefficient (Wildman–Crippen LogP) is 4.35. The normalized spacial score (nSPS) is 18.2. The summed E-state index contributed by atoms with van der Waals surface area (Å²) >= 11 is 1.44. The second kappa shape index (κ2) is 17.7. The minimum absolute atomic E-state index is 0.106. The smallest absolute Gasteiger partial charge is 0.254 e. The third kappa shape index (κ3) is 12.1. The third-order valence-corrected chi connectivity index (χ3v) is 10.2. The van der Waals surface area contributed by atoms with Crippen LogP contribution in [0.5, 0.6) is 0 Å². The average molecular weight is 738 g/mol. The Kier molecular flexibility index (Phi) is 14.5. The number of nitrogens with zero attached hydrogens (tertiary/aromatic N) is 1. The van der Waals surface area contributed by atoms with Gasteiger partial charge in [0.25, 0.3) is 5.91 Å². The van der Waals surface area contributed by atoms with Gasteiger partial charge < -0.3 is 31.3 Å². The van der Waals surface area contributed by atoms with E-state index in [9.17, 15) is 29.1 Å². The van der Waals surface area contributed by atoms with Crippen LogP contribution in [-0.4, -0.2) is 80.9 Å². The van der Waals surface area contributed by atoms with Gasteiger partial charge in [0.1, 0.15) is 18.1 Å². The van der Waals surface area contributed by atoms with E-state index in [-0.39, 0.29) is 41.9 Å². The summed E-state index contributed by atoms with van der Waals surface area (Å²) in [6.45, 7) is 19.4. The van der Waals surface area contributed by atoms with Crippen LogP contribution >= 0.6 is 11.8 Å². The van der Waals surface area contributed by atoms with Crippen LogP contribution in [0.15, 0.2) is 60.7 Å². The molecule has 0 bridgehead atoms. The molecule has 1 aliphatic rings. The monoisotopic (exact) mass is 737 g/mol. The van der Waals surface area contributed by atoms with Crippen LogP contribution in [0.25, 0.3) is 0 Å². The fourth-order valence-corrected chi connectivity index (χ4v) is 7.21. The summed E-state index contributed by atoms with van der Waals surface area (Å²) in [5, 5.41) is 23.3. The van der Waals surface area contributed by atoms with Crippen molar-refractivity contribution in [3.05, 3.63) is 71.8 Å². The van der Waals surface area contributed by atoms with Crippen molar-refractivity contribution in [3.63, 3.8) is 0 Å². The van der Waals surface area contributed by atoms with Gasteiger partial charge in [-0.25, -0.2) is 0 Å². The van der Waals surface area contributed by atoms with Crippen molar-refractivity contribution in [2.24, 2.45) is 16.7 Å². The lowest BCUT2D eigenvalue weighted by Gasteiger charge is -2.36. The van der Waals surface area contributed by atoms with Crippen LogP contribution in [0.1, 0.15) is 92.8 Å². The Bertz CT molecular complexity index is 1540. The molecular formula is C40H59N5O6S. The molecule has 5 amide bonds. The third-order valence-electron chi connectivity index (χ3n) is 8.83. The summed E-state index contributed by atoms with van der Waals surface area (Å²) in [5.41, 5.74) is 0.182. The van der Waals surface area contributed by atoms with E-state index in [0.29, 0.717) is 12.1 Å². The summed E-state index contributed by atoms with van der Waals surface area (Å²) in [6.07, 6.45) is -1.41. The summed E-state index contributed by atoms with van der Waals surface area (Å²) in [7, 11) is 0. The number of carbonyl (C=O) groups excluding carboxylic acids is 5. The summed E-state index contributed by atoms with van der Waals surface area (Å²) in [5.74, 6) is -2.07. The second-order valence-corrected chi connectivity index (χ2v) is 18.5. The fourth-order valence-electron chi connectivity index (χ4n) is 6.07. The maximum absolute atomic E-state index is 14.3. The molecule has 0 aliphatic carbocycles. The van der Waals surface area contributed by atoms with Gasteiger partial charge in [-0.3, -0.25) is 24.0 Å². The van der Waals surface area contributed by atoms with Crippen molar-refractivity contribution in [2.45, 2.75) is 117 Å². The van der Waals surface area contributed by atoms with Crippen molar-refractivity contribution in [2.75, 3.05) is 12.4 Å². The van der Waals surface area contributed by atoms with Crippen molar-refractivity contribution in [1.82, 2.24) is 26.2 Å². The van der Waals surface area contributed by atoms with Crippen LogP contribution in [0.2, 0.25) is 0 Å². The first-order valence-corrected chi connectivity index (χ1v) is 19.0. The molecule has 1 heterocycles. The highest BCUT2D eigenvalue weighted by Gasteiger charge is 2.50. The van der Waals surface area contributed by atoms with Gasteiger partial charge in [0.2, 0.25) is 23.6 Å². The lowest BCUT2D eigenvalue weighted by molar-refractivity contribution is -0.148. The van der Waals surface area contributed by atoms with Gasteiger partial charge in [-0.15, -0.1) is 11.8 Å². The van der Waals surface area contributed by atoms with Gasteiger partial charge in [-0.1, -0.05) is 116 Å². The van der Waals surface area contributed by atoms with Gasteiger partial charge in [0.15, 0.2) is 6.10 Å². The van der Waals surface area contributed by atoms with Crippen molar-refractivity contribution < 1.29 is 29.1 Å². The summed E-state index contributed by atoms with van der Waals surface area (Å²) < 4.78 is -0.617. The molecule has 286 valence electrons. The average Bonchev–Trinajstić information content (AvgIpc) is 3.37. The molecule has 2 aromatic rings. The van der Waals surface area contributed by atoms with E-state index >= 15 is 0 Å². The van der Waals surface area contributed by atoms with E-state index in [0.717, 1.165) is 5.56 Å². The van der Waals surface area contributed by atoms with Crippen LogP contribution in [0, 0.1) is 16.7 Å². The maximum atomic E-state index is 14.3. The van der Waals surface area contributed by atoms with Gasteiger partial charge in [-0.05, 0) is 48.1 Å². The molecule has 0 aromatic heterocycles. The molecule has 11 nitrogen and oxygen atoms in total. The van der Waals surface area contributed by atoms with E-state index in [1.165, 1.54) is 16.7 Å². The molecule has 0 unspecified atom stereocenters. The van der Waals surface area contributed by atoms with E-state index in [1.807, 2.05) is 84.9 Å². The van der Waals surface area contributed by atoms with E-state index < -0.39 is 58.2 Å². The molecule has 0 radical (unpaired) electrons. The minimum Gasteiger partial charge on any atom is -0.381 e. The zero-order chi connectivity index (χ0) is 39.0. The highest BCUT2D eigenvalue weighted by molar-refractivity contribution is 8.00. The highest BCUT2D eigenvalue weighted by atomic mass is 32.2. The Balaban J connectivity index is 1.92. The van der Waals surface area contributed by atoms with Crippen molar-refractivity contribution in [1.29, 1.82) is 0 Å². The number of aliphatic hydroxyl groups is 1. The standard InChI is InChI=1S/C40H59N5O6S/c1-25(2)23-41-36(50)33-40(9,10)52-24-45(33)37(51)31(47)28(21-26-17-13-11-14-18-26)42-35(49)32(39(6,7)8)44-34(48)30(27-19-15-12-16-20-27)43-29(46)22-38(3,4)5/h11-20,25,28,30-33,47H,21-24H2,1-10H3,(H,41,50)(H,42,49)(H,43,46)(H,44,48)/t28-,30-,31-,32+,33+/m0/s1. The molecule has 1 aliphatic heterocycles. The van der Waals surface area contributed by atoms with Gasteiger partial charge in [0, 0.05) is 17.7 Å². The van der Waals surface area contributed by atoms with Crippen LogP contribution in [0.3, 0.4) is 0 Å². The number of carbonyl (C=O) groups is 5. The Labute approximate surface area is 313 Å². The molecule has 2 aromatic carbocycles. The molecular weight excluding hydrogens is 679 g/mol. The Hall–Kier alpha value is -3.90. The molecule has 52 heavy (non-hydrogen) atoms. The Morgan fingerprint density at radius 2 is 1.44 bits per heavy atom. The molecule has 1 fully saturated rings. The number of amides is 5. The van der Waals surface area contributed by atoms with E-state index in [4.69, 9.17) is 0 Å². The first-order chi connectivity index (χ1) is 24.1. The number of hydrogen-bond acceptors (Lipinski definition) is 7. The molecule has 5 atom stereocenters. The fraction of sp³-hybridized carbons (Fsp3) is 0.575. The number of nitrogens with one attached hydrogen (secondary N) is 4. The van der Waals surface area contributed by atoms with E-state index in [1.54, 1.807) is 45.0 Å². The lowest BCUT2D eigenvalue weighted by Crippen LogP contribution is -2.62. The Morgan fingerprint density at radius 3 is 1.98 bits per heavy atom. The summed E-state index contributed by atoms with van der Waals surface area (Å²) in [6, 6.07) is 13.8. The number of thioether (sulfide) groups is 1. The highest BCUT2D eigenvalue weighted by Crippen LogP contribution is 2.40. The quantitative estimate of drug-likeness (QED) is 0.193. The molecule has 0 spiro atoms. The van der Waals surface area contributed by atoms with Gasteiger partial charge >= 0.3 is 0 Å². The Morgan fingerprint density at radius 1 is 0.865 bits per heavy atom. The zero-order valence-electron chi connectivity index (χ0n) is 32.4. The van der Waals surface area contributed by atoms with Crippen LogP contribution in [-0.2, 0) is 30.4 Å². The SMILES string of the molecule is CC(C)CNC(=O)[C@H]1N(C(=O)[C@@H](O)[C@H](Cc2ccccc2)NC(=O)[C@@H](NC(=O)[C@@H](NC(=O)CC(C)(C)C)c2ccccc2)C(C)(C)C)CSC1(C)C. The molecule has 1 saturated heterocycles. The topological polar surface area (TPSA) is 157 Å². The van der Waals surface area contributed by atoms with Gasteiger partial charge in [0.05, 0.1) is 11.9 Å². The van der Waals surface area contributed by atoms with E-state index in [2.05, 4.69) is 21.3 Å². The number of hydrogen-bond donors (Lipinski definition) is 5. The molecule has 5 N–H and O–H groups in total. The lowest BCUT2D eigenvalue weighted by atomic mass is 9.85. The number of rotatable bonds is 14. The zero-order valence-corrected chi connectivity index (χ0v) is 33.2. The van der Waals surface area contributed by atoms with Crippen LogP contribution < -0.4 is 21.3 Å². The summed E-state index contributed by atoms with van der Waals surface area (Å²) in [4.78, 5) is 70.2. The molecule has 12 heteroatoms. The number of benzene rings is 2.